The van der Waals surface area contributed by atoms with Gasteiger partial charge in [0.25, 0.3) is 0 Å². The van der Waals surface area contributed by atoms with Crippen LogP contribution in [0.25, 0.3) is 11.4 Å². The molecule has 5 nitrogen and oxygen atoms in total. The van der Waals surface area contributed by atoms with Crippen molar-refractivity contribution in [1.82, 2.24) is 20.1 Å². The summed E-state index contributed by atoms with van der Waals surface area (Å²) in [6.45, 7) is 1.95. The van der Waals surface area contributed by atoms with Gasteiger partial charge < -0.3 is 5.32 Å². The summed E-state index contributed by atoms with van der Waals surface area (Å²) in [6.07, 6.45) is 5.10. The van der Waals surface area contributed by atoms with Crippen LogP contribution in [0.15, 0.2) is 18.2 Å². The van der Waals surface area contributed by atoms with Gasteiger partial charge in [-0.3, -0.25) is 4.79 Å². The zero-order chi connectivity index (χ0) is 15.4. The van der Waals surface area contributed by atoms with Gasteiger partial charge in [0.05, 0.1) is 16.6 Å². The van der Waals surface area contributed by atoms with Crippen molar-refractivity contribution in [2.45, 2.75) is 13.5 Å². The van der Waals surface area contributed by atoms with Gasteiger partial charge in [0.1, 0.15) is 12.4 Å². The van der Waals surface area contributed by atoms with Crippen molar-refractivity contribution < 1.29 is 4.79 Å². The zero-order valence-corrected chi connectivity index (χ0v) is 12.7. The molecule has 0 unspecified atom stereocenters. The fourth-order valence-corrected chi connectivity index (χ4v) is 2.05. The molecule has 1 amide bonds. The molecule has 0 saturated heterocycles. The quantitative estimate of drug-likeness (QED) is 0.879. The second-order valence-corrected chi connectivity index (χ2v) is 5.06. The molecule has 1 aromatic heterocycles. The van der Waals surface area contributed by atoms with E-state index in [-0.39, 0.29) is 19.0 Å². The van der Waals surface area contributed by atoms with E-state index in [1.54, 1.807) is 25.1 Å². The third kappa shape index (κ3) is 3.75. The molecule has 0 bridgehead atoms. The molecule has 2 rings (SSSR count). The van der Waals surface area contributed by atoms with Crippen LogP contribution in [0.4, 0.5) is 0 Å². The lowest BCUT2D eigenvalue weighted by Gasteiger charge is -2.06. The standard InChI is InChI=1S/C14H12Cl2N4O/c1-3-6-17-13(21)8-20-14(18-9(2)19-20)10-4-5-11(15)12(16)7-10/h1,4-5,7H,6,8H2,2H3,(H,17,21). The predicted octanol–water partition coefficient (Wildman–Crippen LogP) is 2.31. The summed E-state index contributed by atoms with van der Waals surface area (Å²) >= 11 is 11.9. The van der Waals surface area contributed by atoms with Crippen molar-refractivity contribution in [2.24, 2.45) is 0 Å². The number of carbonyl (C=O) groups excluding carboxylic acids is 1. The minimum atomic E-state index is -0.237. The Morgan fingerprint density at radius 2 is 2.19 bits per heavy atom. The van der Waals surface area contributed by atoms with Gasteiger partial charge >= 0.3 is 0 Å². The van der Waals surface area contributed by atoms with E-state index in [0.717, 1.165) is 5.56 Å². The summed E-state index contributed by atoms with van der Waals surface area (Å²) in [4.78, 5) is 16.1. The summed E-state index contributed by atoms with van der Waals surface area (Å²) in [6, 6.07) is 5.13. The van der Waals surface area contributed by atoms with Crippen molar-refractivity contribution in [1.29, 1.82) is 0 Å². The normalized spacial score (nSPS) is 10.2. The van der Waals surface area contributed by atoms with Crippen molar-refractivity contribution >= 4 is 29.1 Å². The van der Waals surface area contributed by atoms with Crippen molar-refractivity contribution in [3.8, 4) is 23.7 Å². The highest BCUT2D eigenvalue weighted by Crippen LogP contribution is 2.27. The molecule has 0 aliphatic heterocycles. The molecule has 0 aliphatic rings. The Morgan fingerprint density at radius 1 is 1.43 bits per heavy atom. The first-order valence-corrected chi connectivity index (χ1v) is 6.84. The van der Waals surface area contributed by atoms with E-state index in [0.29, 0.717) is 21.7 Å². The van der Waals surface area contributed by atoms with Gasteiger partial charge in [-0.1, -0.05) is 29.1 Å². The molecule has 0 atom stereocenters. The maximum absolute atomic E-state index is 11.7. The zero-order valence-electron chi connectivity index (χ0n) is 11.2. The molecule has 0 spiro atoms. The third-order valence-corrected chi connectivity index (χ3v) is 3.38. The molecule has 0 aliphatic carbocycles. The second-order valence-electron chi connectivity index (χ2n) is 4.25. The van der Waals surface area contributed by atoms with E-state index in [1.807, 2.05) is 0 Å². The fraction of sp³-hybridized carbons (Fsp3) is 0.214. The molecular formula is C14H12Cl2N4O. The Bertz CT molecular complexity index is 718. The largest absolute Gasteiger partial charge is 0.344 e. The lowest BCUT2D eigenvalue weighted by Crippen LogP contribution is -2.28. The lowest BCUT2D eigenvalue weighted by molar-refractivity contribution is -0.121. The van der Waals surface area contributed by atoms with Crippen LogP contribution in [0.3, 0.4) is 0 Å². The van der Waals surface area contributed by atoms with Gasteiger partial charge in [0.15, 0.2) is 5.82 Å². The Morgan fingerprint density at radius 3 is 2.86 bits per heavy atom. The van der Waals surface area contributed by atoms with Crippen LogP contribution in [0.5, 0.6) is 0 Å². The molecule has 7 heteroatoms. The molecule has 1 heterocycles. The maximum atomic E-state index is 11.7. The maximum Gasteiger partial charge on any atom is 0.242 e. The number of aryl methyl sites for hydroxylation is 1. The molecule has 0 fully saturated rings. The van der Waals surface area contributed by atoms with Gasteiger partial charge in [0, 0.05) is 5.56 Å². The lowest BCUT2D eigenvalue weighted by atomic mass is 10.2. The number of aromatic nitrogens is 3. The Kier molecular flexibility index (Phi) is 4.84. The topological polar surface area (TPSA) is 59.8 Å². The Balaban J connectivity index is 2.30. The van der Waals surface area contributed by atoms with Crippen LogP contribution in [-0.4, -0.2) is 27.2 Å². The molecular weight excluding hydrogens is 311 g/mol. The minimum Gasteiger partial charge on any atom is -0.344 e. The number of carbonyl (C=O) groups is 1. The average molecular weight is 323 g/mol. The van der Waals surface area contributed by atoms with E-state index in [2.05, 4.69) is 21.3 Å². The van der Waals surface area contributed by atoms with Crippen molar-refractivity contribution in [2.75, 3.05) is 6.54 Å². The number of nitrogens with one attached hydrogen (secondary N) is 1. The summed E-state index contributed by atoms with van der Waals surface area (Å²) in [5.41, 5.74) is 0.731. The third-order valence-electron chi connectivity index (χ3n) is 2.64. The summed E-state index contributed by atoms with van der Waals surface area (Å²) < 4.78 is 1.50. The van der Waals surface area contributed by atoms with Gasteiger partial charge in [-0.15, -0.1) is 6.42 Å². The molecule has 108 valence electrons. The monoisotopic (exact) mass is 322 g/mol. The van der Waals surface area contributed by atoms with Gasteiger partial charge in [0.2, 0.25) is 5.91 Å². The summed E-state index contributed by atoms with van der Waals surface area (Å²) in [7, 11) is 0. The minimum absolute atomic E-state index is 0.0259. The molecule has 0 radical (unpaired) electrons. The molecule has 1 N–H and O–H groups in total. The van der Waals surface area contributed by atoms with E-state index < -0.39 is 0 Å². The highest BCUT2D eigenvalue weighted by molar-refractivity contribution is 6.42. The first kappa shape index (κ1) is 15.4. The second kappa shape index (κ2) is 6.61. The Labute approximate surface area is 132 Å². The smallest absolute Gasteiger partial charge is 0.242 e. The Hall–Kier alpha value is -2.03. The number of rotatable bonds is 4. The number of terminal acetylenes is 1. The highest BCUT2D eigenvalue weighted by atomic mass is 35.5. The van der Waals surface area contributed by atoms with E-state index in [1.165, 1.54) is 4.68 Å². The van der Waals surface area contributed by atoms with Crippen LogP contribution in [-0.2, 0) is 11.3 Å². The van der Waals surface area contributed by atoms with Crippen LogP contribution in [0.2, 0.25) is 10.0 Å². The number of halogens is 2. The van der Waals surface area contributed by atoms with Crippen LogP contribution < -0.4 is 5.32 Å². The molecule has 1 aromatic carbocycles. The molecule has 2 aromatic rings. The SMILES string of the molecule is C#CCNC(=O)Cn1nc(C)nc1-c1ccc(Cl)c(Cl)c1. The van der Waals surface area contributed by atoms with E-state index >= 15 is 0 Å². The van der Waals surface area contributed by atoms with Crippen LogP contribution in [0, 0.1) is 19.3 Å². The van der Waals surface area contributed by atoms with E-state index in [4.69, 9.17) is 29.6 Å². The number of hydrogen-bond donors (Lipinski definition) is 1. The average Bonchev–Trinajstić information content (AvgIpc) is 2.80. The number of hydrogen-bond acceptors (Lipinski definition) is 3. The molecule has 21 heavy (non-hydrogen) atoms. The number of nitrogens with zero attached hydrogens (tertiary/aromatic N) is 3. The summed E-state index contributed by atoms with van der Waals surface area (Å²) in [5, 5.41) is 7.65. The number of amides is 1. The summed E-state index contributed by atoms with van der Waals surface area (Å²) in [5.74, 6) is 3.20. The van der Waals surface area contributed by atoms with Crippen LogP contribution >= 0.6 is 23.2 Å². The van der Waals surface area contributed by atoms with Gasteiger partial charge in [-0.2, -0.15) is 5.10 Å². The first-order valence-electron chi connectivity index (χ1n) is 6.08. The predicted molar refractivity (Wildman–Crippen MR) is 82.1 cm³/mol. The first-order chi connectivity index (χ1) is 10.0. The van der Waals surface area contributed by atoms with Crippen LogP contribution in [0.1, 0.15) is 5.82 Å². The molecule has 0 saturated carbocycles. The van der Waals surface area contributed by atoms with Crippen molar-refractivity contribution in [3.63, 3.8) is 0 Å². The van der Waals surface area contributed by atoms with Crippen molar-refractivity contribution in [3.05, 3.63) is 34.1 Å². The highest BCUT2D eigenvalue weighted by Gasteiger charge is 2.13. The van der Waals surface area contributed by atoms with Gasteiger partial charge in [-0.05, 0) is 25.1 Å². The fourth-order valence-electron chi connectivity index (χ4n) is 1.76. The van der Waals surface area contributed by atoms with E-state index in [9.17, 15) is 4.79 Å². The number of benzene rings is 1. The van der Waals surface area contributed by atoms with Gasteiger partial charge in [-0.25, -0.2) is 9.67 Å².